The molecule has 1 N–H and O–H groups in total. The van der Waals surface area contributed by atoms with Gasteiger partial charge in [0.15, 0.2) is 0 Å². The Balaban J connectivity index is 2.03. The summed E-state index contributed by atoms with van der Waals surface area (Å²) in [5.41, 5.74) is 0. The van der Waals surface area contributed by atoms with Crippen LogP contribution in [0.15, 0.2) is 64.1 Å². The van der Waals surface area contributed by atoms with E-state index in [1.54, 1.807) is 36.4 Å². The van der Waals surface area contributed by atoms with Crippen molar-refractivity contribution in [3.8, 4) is 0 Å². The predicted octanol–water partition coefficient (Wildman–Crippen LogP) is 3.56. The Morgan fingerprint density at radius 3 is 2.52 bits per heavy atom. The number of benzene rings is 2. The molecule has 108 valence electrons. The average Bonchev–Trinajstić information content (AvgIpc) is 2.98. The lowest BCUT2D eigenvalue weighted by Gasteiger charge is -2.10. The molecular weight excluding hydrogens is 310 g/mol. The van der Waals surface area contributed by atoms with E-state index >= 15 is 0 Å². The highest BCUT2D eigenvalue weighted by molar-refractivity contribution is 7.89. The first-order chi connectivity index (χ1) is 10.1. The van der Waals surface area contributed by atoms with Gasteiger partial charge in [0.1, 0.15) is 5.76 Å². The molecular formula is C15H12ClNO3S. The van der Waals surface area contributed by atoms with Crippen LogP contribution in [-0.2, 0) is 16.6 Å². The summed E-state index contributed by atoms with van der Waals surface area (Å²) in [5, 5.41) is 1.71. The minimum absolute atomic E-state index is 0.0934. The third-order valence-electron chi connectivity index (χ3n) is 3.12. The minimum atomic E-state index is -3.68. The number of sulfonamides is 1. The monoisotopic (exact) mass is 321 g/mol. The van der Waals surface area contributed by atoms with E-state index in [0.29, 0.717) is 16.2 Å². The lowest BCUT2D eigenvalue weighted by molar-refractivity contribution is 0.499. The third-order valence-corrected chi connectivity index (χ3v) is 4.88. The molecule has 3 rings (SSSR count). The molecule has 1 aromatic heterocycles. The predicted molar refractivity (Wildman–Crippen MR) is 81.7 cm³/mol. The Kier molecular flexibility index (Phi) is 3.71. The maximum Gasteiger partial charge on any atom is 0.241 e. The van der Waals surface area contributed by atoms with Crippen LogP contribution >= 0.6 is 11.6 Å². The van der Waals surface area contributed by atoms with Gasteiger partial charge in [-0.25, -0.2) is 13.1 Å². The number of fused-ring (bicyclic) bond motifs is 1. The van der Waals surface area contributed by atoms with Crippen molar-refractivity contribution >= 4 is 32.4 Å². The van der Waals surface area contributed by atoms with Gasteiger partial charge in [0.2, 0.25) is 10.0 Å². The van der Waals surface area contributed by atoms with E-state index in [0.717, 1.165) is 5.39 Å². The van der Waals surface area contributed by atoms with Crippen LogP contribution in [0.1, 0.15) is 5.76 Å². The van der Waals surface area contributed by atoms with Crippen LogP contribution in [0.5, 0.6) is 0 Å². The van der Waals surface area contributed by atoms with Gasteiger partial charge >= 0.3 is 0 Å². The van der Waals surface area contributed by atoms with E-state index in [2.05, 4.69) is 4.72 Å². The molecule has 6 heteroatoms. The maximum absolute atomic E-state index is 12.5. The Labute approximate surface area is 127 Å². The topological polar surface area (TPSA) is 59.3 Å². The number of hydrogen-bond donors (Lipinski definition) is 1. The number of hydrogen-bond acceptors (Lipinski definition) is 3. The van der Waals surface area contributed by atoms with Crippen molar-refractivity contribution in [1.82, 2.24) is 4.72 Å². The van der Waals surface area contributed by atoms with Crippen molar-refractivity contribution in [2.24, 2.45) is 0 Å². The molecule has 0 aliphatic rings. The van der Waals surface area contributed by atoms with Crippen molar-refractivity contribution in [3.05, 3.63) is 65.6 Å². The van der Waals surface area contributed by atoms with Gasteiger partial charge in [-0.05, 0) is 29.7 Å². The zero-order valence-electron chi connectivity index (χ0n) is 10.9. The first-order valence-electron chi connectivity index (χ1n) is 6.27. The molecule has 0 atom stereocenters. The van der Waals surface area contributed by atoms with Crippen LogP contribution in [-0.4, -0.2) is 8.42 Å². The number of furan rings is 1. The molecule has 0 bridgehead atoms. The first-order valence-corrected chi connectivity index (χ1v) is 8.13. The largest absolute Gasteiger partial charge is 0.468 e. The second-order valence-corrected chi connectivity index (χ2v) is 6.64. The van der Waals surface area contributed by atoms with Gasteiger partial charge in [-0.1, -0.05) is 35.9 Å². The molecule has 2 aromatic carbocycles. The average molecular weight is 322 g/mol. The standard InChI is InChI=1S/C15H12ClNO3S/c16-13-7-1-4-11-5-2-8-14(15(11)13)21(18,19)17-10-12-6-3-9-20-12/h1-9,17H,10H2. The zero-order chi connectivity index (χ0) is 14.9. The lowest BCUT2D eigenvalue weighted by Crippen LogP contribution is -2.23. The van der Waals surface area contributed by atoms with Gasteiger partial charge in [-0.3, -0.25) is 0 Å². The van der Waals surface area contributed by atoms with Crippen LogP contribution in [0.25, 0.3) is 10.8 Å². The molecule has 3 aromatic rings. The van der Waals surface area contributed by atoms with Crippen molar-refractivity contribution in [3.63, 3.8) is 0 Å². The molecule has 0 aliphatic heterocycles. The van der Waals surface area contributed by atoms with Crippen molar-refractivity contribution < 1.29 is 12.8 Å². The summed E-state index contributed by atoms with van der Waals surface area (Å²) >= 11 is 6.16. The normalized spacial score (nSPS) is 11.9. The fourth-order valence-corrected chi connectivity index (χ4v) is 3.72. The fraction of sp³-hybridized carbons (Fsp3) is 0.0667. The van der Waals surface area contributed by atoms with Crippen LogP contribution in [0.4, 0.5) is 0 Å². The molecule has 21 heavy (non-hydrogen) atoms. The highest BCUT2D eigenvalue weighted by Gasteiger charge is 2.18. The summed E-state index contributed by atoms with van der Waals surface area (Å²) in [6.07, 6.45) is 1.50. The van der Waals surface area contributed by atoms with Crippen LogP contribution in [0.3, 0.4) is 0 Å². The molecule has 0 amide bonds. The minimum Gasteiger partial charge on any atom is -0.468 e. The van der Waals surface area contributed by atoms with Crippen LogP contribution in [0.2, 0.25) is 5.02 Å². The quantitative estimate of drug-likeness (QED) is 0.799. The van der Waals surface area contributed by atoms with Gasteiger partial charge in [0.05, 0.1) is 17.7 Å². The number of rotatable bonds is 4. The Bertz CT molecular complexity index is 868. The van der Waals surface area contributed by atoms with Gasteiger partial charge in [0, 0.05) is 10.4 Å². The molecule has 0 saturated carbocycles. The fourth-order valence-electron chi connectivity index (χ4n) is 2.14. The highest BCUT2D eigenvalue weighted by Crippen LogP contribution is 2.29. The summed E-state index contributed by atoms with van der Waals surface area (Å²) in [4.78, 5) is 0.164. The molecule has 0 saturated heterocycles. The van der Waals surface area contributed by atoms with Crippen LogP contribution in [0, 0.1) is 0 Å². The second kappa shape index (κ2) is 5.52. The van der Waals surface area contributed by atoms with Gasteiger partial charge in [-0.15, -0.1) is 0 Å². The van der Waals surface area contributed by atoms with E-state index < -0.39 is 10.0 Å². The molecule has 0 unspecified atom stereocenters. The SMILES string of the molecule is O=S(=O)(NCc1ccco1)c1cccc2cccc(Cl)c12. The van der Waals surface area contributed by atoms with Crippen LogP contribution < -0.4 is 4.72 Å². The first kappa shape index (κ1) is 14.1. The third kappa shape index (κ3) is 2.81. The summed E-state index contributed by atoms with van der Waals surface area (Å²) in [6, 6.07) is 13.8. The van der Waals surface area contributed by atoms with Gasteiger partial charge in [0.25, 0.3) is 0 Å². The molecule has 4 nitrogen and oxygen atoms in total. The number of nitrogens with one attached hydrogen (secondary N) is 1. The van der Waals surface area contributed by atoms with Crippen molar-refractivity contribution in [2.45, 2.75) is 11.4 Å². The Hall–Kier alpha value is -1.82. The van der Waals surface area contributed by atoms with Crippen molar-refractivity contribution in [1.29, 1.82) is 0 Å². The van der Waals surface area contributed by atoms with E-state index in [1.807, 2.05) is 12.1 Å². The zero-order valence-corrected chi connectivity index (χ0v) is 12.5. The molecule has 0 radical (unpaired) electrons. The Morgan fingerprint density at radius 1 is 1.05 bits per heavy atom. The van der Waals surface area contributed by atoms with E-state index in [1.165, 1.54) is 6.26 Å². The summed E-state index contributed by atoms with van der Waals surface area (Å²) < 4.78 is 32.6. The molecule has 0 spiro atoms. The van der Waals surface area contributed by atoms with Gasteiger partial charge < -0.3 is 4.42 Å². The summed E-state index contributed by atoms with van der Waals surface area (Å²) in [5.74, 6) is 0.546. The lowest BCUT2D eigenvalue weighted by atomic mass is 10.1. The van der Waals surface area contributed by atoms with Gasteiger partial charge in [-0.2, -0.15) is 0 Å². The summed E-state index contributed by atoms with van der Waals surface area (Å²) in [7, 11) is -3.68. The molecule has 0 aliphatic carbocycles. The summed E-state index contributed by atoms with van der Waals surface area (Å²) in [6.45, 7) is 0.0934. The van der Waals surface area contributed by atoms with E-state index in [-0.39, 0.29) is 11.4 Å². The molecule has 0 fully saturated rings. The number of halogens is 1. The second-order valence-electron chi connectivity index (χ2n) is 4.50. The van der Waals surface area contributed by atoms with E-state index in [9.17, 15) is 8.42 Å². The van der Waals surface area contributed by atoms with E-state index in [4.69, 9.17) is 16.0 Å². The highest BCUT2D eigenvalue weighted by atomic mass is 35.5. The molecule has 1 heterocycles. The Morgan fingerprint density at radius 2 is 1.81 bits per heavy atom. The van der Waals surface area contributed by atoms with Crippen molar-refractivity contribution in [2.75, 3.05) is 0 Å². The smallest absolute Gasteiger partial charge is 0.241 e. The maximum atomic E-state index is 12.5.